The van der Waals surface area contributed by atoms with E-state index in [2.05, 4.69) is 32.9 Å². The van der Waals surface area contributed by atoms with Gasteiger partial charge < -0.3 is 11.1 Å². The Morgan fingerprint density at radius 1 is 1.24 bits per heavy atom. The number of anilines is 3. The van der Waals surface area contributed by atoms with Crippen molar-refractivity contribution in [2.24, 2.45) is 0 Å². The molecule has 0 unspecified atom stereocenters. The van der Waals surface area contributed by atoms with Gasteiger partial charge in [0.05, 0.1) is 21.4 Å². The van der Waals surface area contributed by atoms with Gasteiger partial charge in [-0.25, -0.2) is 4.98 Å². The molecule has 0 radical (unpaired) electrons. The van der Waals surface area contributed by atoms with E-state index in [1.54, 1.807) is 6.07 Å². The van der Waals surface area contributed by atoms with Crippen molar-refractivity contribution in [3.8, 4) is 0 Å². The van der Waals surface area contributed by atoms with Gasteiger partial charge in [-0.1, -0.05) is 23.2 Å². The maximum atomic E-state index is 6.10. The number of hydrogen-bond donors (Lipinski definition) is 2. The Morgan fingerprint density at radius 3 is 2.65 bits per heavy atom. The predicted molar refractivity (Wildman–Crippen MR) is 81.1 cm³/mol. The van der Waals surface area contributed by atoms with E-state index in [0.717, 1.165) is 9.26 Å². The molecule has 6 heteroatoms. The van der Waals surface area contributed by atoms with Crippen molar-refractivity contribution in [2.45, 2.75) is 0 Å². The molecule has 0 aliphatic rings. The minimum Gasteiger partial charge on any atom is -0.396 e. The van der Waals surface area contributed by atoms with Gasteiger partial charge in [0, 0.05) is 9.77 Å². The van der Waals surface area contributed by atoms with Crippen molar-refractivity contribution in [1.82, 2.24) is 4.98 Å². The molecule has 1 aromatic carbocycles. The Bertz CT molecular complexity index is 511. The zero-order valence-corrected chi connectivity index (χ0v) is 12.2. The van der Waals surface area contributed by atoms with E-state index in [4.69, 9.17) is 28.9 Å². The second kappa shape index (κ2) is 5.29. The molecule has 2 aromatic rings. The number of nitrogens with two attached hydrogens (primary N) is 1. The molecule has 0 fully saturated rings. The Labute approximate surface area is 122 Å². The van der Waals surface area contributed by atoms with Gasteiger partial charge in [-0.05, 0) is 46.9 Å². The largest absolute Gasteiger partial charge is 0.396 e. The molecule has 0 aliphatic heterocycles. The van der Waals surface area contributed by atoms with Crippen LogP contribution in [0.1, 0.15) is 0 Å². The molecule has 0 saturated heterocycles. The summed E-state index contributed by atoms with van der Waals surface area (Å²) >= 11 is 14.1. The van der Waals surface area contributed by atoms with Crippen molar-refractivity contribution in [3.05, 3.63) is 44.1 Å². The Morgan fingerprint density at radius 2 is 2.00 bits per heavy atom. The van der Waals surface area contributed by atoms with E-state index >= 15 is 0 Å². The summed E-state index contributed by atoms with van der Waals surface area (Å²) < 4.78 is 1.06. The number of nitrogens with zero attached hydrogens (tertiary/aromatic N) is 1. The first-order valence-electron chi connectivity index (χ1n) is 4.69. The SMILES string of the molecule is Nc1cc(Cl)cnc1Nc1ccc(I)cc1Cl. The van der Waals surface area contributed by atoms with Crippen LogP contribution in [-0.4, -0.2) is 4.98 Å². The minimum absolute atomic E-state index is 0.479. The fourth-order valence-corrected chi connectivity index (χ4v) is 2.35. The number of aromatic nitrogens is 1. The van der Waals surface area contributed by atoms with E-state index in [-0.39, 0.29) is 0 Å². The summed E-state index contributed by atoms with van der Waals surface area (Å²) in [6.45, 7) is 0. The fourth-order valence-electron chi connectivity index (χ4n) is 1.28. The molecule has 2 rings (SSSR count). The standard InChI is InChI=1S/C11H8Cl2IN3/c12-6-3-9(15)11(16-5-6)17-10-2-1-7(14)4-8(10)13/h1-5H,15H2,(H,16,17). The summed E-state index contributed by atoms with van der Waals surface area (Å²) in [5, 5.41) is 4.19. The number of nitrogen functional groups attached to an aromatic ring is 1. The number of nitrogens with one attached hydrogen (secondary N) is 1. The molecule has 1 aromatic heterocycles. The Hall–Kier alpha value is -0.720. The molecule has 88 valence electrons. The van der Waals surface area contributed by atoms with Crippen LogP contribution >= 0.6 is 45.8 Å². The van der Waals surface area contributed by atoms with E-state index in [1.165, 1.54) is 6.20 Å². The van der Waals surface area contributed by atoms with Crippen LogP contribution in [0.15, 0.2) is 30.5 Å². The maximum Gasteiger partial charge on any atom is 0.153 e. The lowest BCUT2D eigenvalue weighted by molar-refractivity contribution is 1.31. The minimum atomic E-state index is 0.479. The molecular weight excluding hydrogens is 372 g/mol. The average Bonchev–Trinajstić information content (AvgIpc) is 2.25. The van der Waals surface area contributed by atoms with E-state index in [9.17, 15) is 0 Å². The van der Waals surface area contributed by atoms with Gasteiger partial charge in [0.2, 0.25) is 0 Å². The van der Waals surface area contributed by atoms with Gasteiger partial charge in [0.1, 0.15) is 0 Å². The average molecular weight is 380 g/mol. The maximum absolute atomic E-state index is 6.10. The Kier molecular flexibility index (Phi) is 3.96. The third-order valence-corrected chi connectivity index (χ3v) is 3.26. The van der Waals surface area contributed by atoms with Gasteiger partial charge in [-0.3, -0.25) is 0 Å². The molecule has 3 N–H and O–H groups in total. The van der Waals surface area contributed by atoms with Crippen LogP contribution in [-0.2, 0) is 0 Å². The smallest absolute Gasteiger partial charge is 0.153 e. The molecule has 3 nitrogen and oxygen atoms in total. The van der Waals surface area contributed by atoms with Crippen molar-refractivity contribution in [1.29, 1.82) is 0 Å². The summed E-state index contributed by atoms with van der Waals surface area (Å²) in [6.07, 6.45) is 1.53. The van der Waals surface area contributed by atoms with Crippen LogP contribution < -0.4 is 11.1 Å². The zero-order chi connectivity index (χ0) is 12.4. The lowest BCUT2D eigenvalue weighted by atomic mass is 10.3. The van der Waals surface area contributed by atoms with Gasteiger partial charge >= 0.3 is 0 Å². The quantitative estimate of drug-likeness (QED) is 0.764. The van der Waals surface area contributed by atoms with Crippen LogP contribution in [0.5, 0.6) is 0 Å². The van der Waals surface area contributed by atoms with Crippen LogP contribution in [0.4, 0.5) is 17.2 Å². The molecular formula is C11H8Cl2IN3. The summed E-state index contributed by atoms with van der Waals surface area (Å²) in [4.78, 5) is 4.11. The van der Waals surface area contributed by atoms with Crippen LogP contribution in [0.3, 0.4) is 0 Å². The van der Waals surface area contributed by atoms with Crippen LogP contribution in [0.2, 0.25) is 10.0 Å². The number of pyridine rings is 1. The monoisotopic (exact) mass is 379 g/mol. The predicted octanol–water partition coefficient (Wildman–Crippen LogP) is 4.32. The van der Waals surface area contributed by atoms with Gasteiger partial charge in [-0.2, -0.15) is 0 Å². The van der Waals surface area contributed by atoms with Crippen molar-refractivity contribution >= 4 is 63.0 Å². The lowest BCUT2D eigenvalue weighted by Gasteiger charge is -2.10. The van der Waals surface area contributed by atoms with E-state index in [1.807, 2.05) is 18.2 Å². The summed E-state index contributed by atoms with van der Waals surface area (Å²) in [7, 11) is 0. The molecule has 0 saturated carbocycles. The third kappa shape index (κ3) is 3.14. The van der Waals surface area contributed by atoms with Crippen molar-refractivity contribution < 1.29 is 0 Å². The molecule has 1 heterocycles. The van der Waals surface area contributed by atoms with Crippen molar-refractivity contribution in [3.63, 3.8) is 0 Å². The second-order valence-corrected chi connectivity index (χ2v) is 5.43. The molecule has 0 atom stereocenters. The highest BCUT2D eigenvalue weighted by molar-refractivity contribution is 14.1. The van der Waals surface area contributed by atoms with E-state index < -0.39 is 0 Å². The normalized spacial score (nSPS) is 10.3. The van der Waals surface area contributed by atoms with Gasteiger partial charge in [0.25, 0.3) is 0 Å². The molecule has 0 amide bonds. The Balaban J connectivity index is 2.31. The topological polar surface area (TPSA) is 50.9 Å². The summed E-state index contributed by atoms with van der Waals surface area (Å²) in [5.74, 6) is 0.539. The molecule has 0 aliphatic carbocycles. The molecule has 0 spiro atoms. The van der Waals surface area contributed by atoms with Crippen LogP contribution in [0, 0.1) is 3.57 Å². The van der Waals surface area contributed by atoms with E-state index in [0.29, 0.717) is 21.6 Å². The molecule has 17 heavy (non-hydrogen) atoms. The highest BCUT2D eigenvalue weighted by Crippen LogP contribution is 2.29. The fraction of sp³-hybridized carbons (Fsp3) is 0. The highest BCUT2D eigenvalue weighted by atomic mass is 127. The first-order chi connectivity index (χ1) is 8.06. The second-order valence-electron chi connectivity index (χ2n) is 3.34. The summed E-state index contributed by atoms with van der Waals surface area (Å²) in [6, 6.07) is 7.31. The number of rotatable bonds is 2. The highest BCUT2D eigenvalue weighted by Gasteiger charge is 2.05. The first kappa shape index (κ1) is 12.7. The number of benzene rings is 1. The number of halogens is 3. The van der Waals surface area contributed by atoms with Gasteiger partial charge in [0.15, 0.2) is 5.82 Å². The summed E-state index contributed by atoms with van der Waals surface area (Å²) in [5.41, 5.74) is 7.03. The van der Waals surface area contributed by atoms with Crippen molar-refractivity contribution in [2.75, 3.05) is 11.1 Å². The zero-order valence-electron chi connectivity index (χ0n) is 8.55. The lowest BCUT2D eigenvalue weighted by Crippen LogP contribution is -1.99. The van der Waals surface area contributed by atoms with Gasteiger partial charge in [-0.15, -0.1) is 0 Å². The van der Waals surface area contributed by atoms with Crippen LogP contribution in [0.25, 0.3) is 0 Å². The molecule has 0 bridgehead atoms. The third-order valence-electron chi connectivity index (χ3n) is 2.07. The number of hydrogen-bond acceptors (Lipinski definition) is 3. The first-order valence-corrected chi connectivity index (χ1v) is 6.53.